The van der Waals surface area contributed by atoms with E-state index in [9.17, 15) is 32.1 Å². The molecule has 0 bridgehead atoms. The topological polar surface area (TPSA) is 103 Å². The number of hydrogen-bond donors (Lipinski definition) is 2. The van der Waals surface area contributed by atoms with Crippen molar-refractivity contribution in [1.29, 1.82) is 0 Å². The highest BCUT2D eigenvalue weighted by Crippen LogP contribution is 2.37. The van der Waals surface area contributed by atoms with Gasteiger partial charge in [0.15, 0.2) is 5.84 Å². The largest absolute Gasteiger partial charge is 0.499 e. The number of anilines is 1. The first-order valence-electron chi connectivity index (χ1n) is 7.07. The number of alkyl halides is 5. The molecule has 0 saturated carbocycles. The van der Waals surface area contributed by atoms with Crippen LogP contribution >= 0.6 is 0 Å². The van der Waals surface area contributed by atoms with E-state index in [2.05, 4.69) is 15.3 Å². The van der Waals surface area contributed by atoms with Crippen molar-refractivity contribution in [2.75, 3.05) is 5.43 Å². The highest BCUT2D eigenvalue weighted by atomic mass is 19.4. The van der Waals surface area contributed by atoms with Gasteiger partial charge in [0.25, 0.3) is 5.69 Å². The number of amidine groups is 1. The molecule has 144 valence electrons. The number of nitrogens with zero attached hydrogens (tertiary/aromatic N) is 2. The quantitative estimate of drug-likeness (QED) is 0.256. The second kappa shape index (κ2) is 7.43. The van der Waals surface area contributed by atoms with E-state index in [1.54, 1.807) is 0 Å². The summed E-state index contributed by atoms with van der Waals surface area (Å²) in [5, 5.41) is 14.4. The van der Waals surface area contributed by atoms with Gasteiger partial charge in [0.2, 0.25) is 0 Å². The van der Waals surface area contributed by atoms with Crippen molar-refractivity contribution < 1.29 is 31.6 Å². The molecule has 3 N–H and O–H groups in total. The van der Waals surface area contributed by atoms with E-state index in [1.807, 2.05) is 0 Å². The van der Waals surface area contributed by atoms with Gasteiger partial charge in [-0.1, -0.05) is 0 Å². The van der Waals surface area contributed by atoms with Crippen molar-refractivity contribution in [3.63, 3.8) is 0 Å². The van der Waals surface area contributed by atoms with Gasteiger partial charge in [0.05, 0.1) is 10.6 Å². The Hall–Kier alpha value is -3.44. The number of ether oxygens (including phenoxy) is 1. The molecule has 0 saturated heterocycles. The number of nitro groups is 1. The van der Waals surface area contributed by atoms with E-state index in [0.717, 1.165) is 24.3 Å². The van der Waals surface area contributed by atoms with Gasteiger partial charge in [-0.25, -0.2) is 0 Å². The summed E-state index contributed by atoms with van der Waals surface area (Å²) in [4.78, 5) is 9.99. The third-order valence-electron chi connectivity index (χ3n) is 3.11. The van der Waals surface area contributed by atoms with Gasteiger partial charge in [0, 0.05) is 17.7 Å². The molecule has 2 aromatic carbocycles. The average molecular weight is 390 g/mol. The number of hydrogen-bond acceptors (Lipinski definition) is 5. The van der Waals surface area contributed by atoms with Gasteiger partial charge in [-0.05, 0) is 36.4 Å². The van der Waals surface area contributed by atoms with Gasteiger partial charge in [-0.2, -0.15) is 27.1 Å². The molecule has 0 aromatic heterocycles. The van der Waals surface area contributed by atoms with E-state index in [-0.39, 0.29) is 17.2 Å². The van der Waals surface area contributed by atoms with Crippen molar-refractivity contribution in [2.24, 2.45) is 10.8 Å². The highest BCUT2D eigenvalue weighted by Gasteiger charge is 2.61. The molecule has 0 aliphatic carbocycles. The van der Waals surface area contributed by atoms with Crippen LogP contribution in [0.3, 0.4) is 0 Å². The molecular formula is C15H11F5N4O3. The molecule has 0 aliphatic rings. The maximum Gasteiger partial charge on any atom is 0.499 e. The molecule has 0 amide bonds. The first-order chi connectivity index (χ1) is 12.5. The first-order valence-corrected chi connectivity index (χ1v) is 7.07. The van der Waals surface area contributed by atoms with Gasteiger partial charge >= 0.3 is 12.3 Å². The number of halogens is 5. The molecule has 7 nitrogen and oxygen atoms in total. The van der Waals surface area contributed by atoms with Crippen LogP contribution in [-0.2, 0) is 0 Å². The molecule has 0 spiro atoms. The maximum atomic E-state index is 12.8. The molecule has 27 heavy (non-hydrogen) atoms. The molecule has 0 aliphatic heterocycles. The zero-order valence-electron chi connectivity index (χ0n) is 13.2. The van der Waals surface area contributed by atoms with Gasteiger partial charge < -0.3 is 10.5 Å². The van der Waals surface area contributed by atoms with Crippen LogP contribution in [0.1, 0.15) is 5.56 Å². The second-order valence-corrected chi connectivity index (χ2v) is 5.05. The lowest BCUT2D eigenvalue weighted by Gasteiger charge is -2.20. The van der Waals surface area contributed by atoms with Crippen LogP contribution in [0.4, 0.5) is 33.3 Å². The lowest BCUT2D eigenvalue weighted by atomic mass is 10.2. The number of nitro benzene ring substituents is 1. The standard InChI is InChI=1S/C15H11F5N4O3/c16-14(17,18)15(19,20)27-12-7-3-10(4-8-12)22-23-13(21)9-1-5-11(6-2-9)24(25)26/h1-8,22H,(H2,21,23). The van der Waals surface area contributed by atoms with Crippen LogP contribution in [0.15, 0.2) is 53.6 Å². The third-order valence-corrected chi connectivity index (χ3v) is 3.11. The van der Waals surface area contributed by atoms with E-state index in [0.29, 0.717) is 5.56 Å². The van der Waals surface area contributed by atoms with Crippen molar-refractivity contribution in [3.05, 3.63) is 64.2 Å². The van der Waals surface area contributed by atoms with Crippen molar-refractivity contribution in [3.8, 4) is 5.75 Å². The minimum absolute atomic E-state index is 0.0335. The van der Waals surface area contributed by atoms with Gasteiger partial charge in [-0.15, -0.1) is 0 Å². The smallest absolute Gasteiger partial charge is 0.426 e. The molecule has 0 heterocycles. The van der Waals surface area contributed by atoms with E-state index >= 15 is 0 Å². The molecule has 2 rings (SSSR count). The van der Waals surface area contributed by atoms with E-state index < -0.39 is 23.0 Å². The van der Waals surface area contributed by atoms with Gasteiger partial charge in [-0.3, -0.25) is 15.5 Å². The number of non-ortho nitro benzene ring substituents is 1. The summed E-state index contributed by atoms with van der Waals surface area (Å²) in [7, 11) is 0. The summed E-state index contributed by atoms with van der Waals surface area (Å²) in [5.41, 5.74) is 8.63. The minimum Gasteiger partial charge on any atom is -0.426 e. The Morgan fingerprint density at radius 1 is 1.04 bits per heavy atom. The Kier molecular flexibility index (Phi) is 5.47. The predicted octanol–water partition coefficient (Wildman–Crippen LogP) is 3.86. The number of hydrazone groups is 1. The summed E-state index contributed by atoms with van der Waals surface area (Å²) in [5.74, 6) is -0.732. The Labute approximate surface area is 148 Å². The van der Waals surface area contributed by atoms with Crippen molar-refractivity contribution in [1.82, 2.24) is 0 Å². The van der Waals surface area contributed by atoms with Crippen LogP contribution in [0.5, 0.6) is 5.75 Å². The molecular weight excluding hydrogens is 379 g/mol. The summed E-state index contributed by atoms with van der Waals surface area (Å²) < 4.78 is 65.5. The fraction of sp³-hybridized carbons (Fsp3) is 0.133. The normalized spacial score (nSPS) is 12.6. The fourth-order valence-electron chi connectivity index (χ4n) is 1.75. The first kappa shape index (κ1) is 19.9. The second-order valence-electron chi connectivity index (χ2n) is 5.05. The predicted molar refractivity (Wildman–Crippen MR) is 85.5 cm³/mol. The highest BCUT2D eigenvalue weighted by molar-refractivity contribution is 5.98. The van der Waals surface area contributed by atoms with Crippen molar-refractivity contribution in [2.45, 2.75) is 12.3 Å². The number of nitrogens with one attached hydrogen (secondary N) is 1. The van der Waals surface area contributed by atoms with Crippen LogP contribution < -0.4 is 15.9 Å². The van der Waals surface area contributed by atoms with Crippen molar-refractivity contribution >= 4 is 17.2 Å². The summed E-state index contributed by atoms with van der Waals surface area (Å²) in [6.45, 7) is 0. The lowest BCUT2D eigenvalue weighted by Crippen LogP contribution is -2.41. The average Bonchev–Trinajstić information content (AvgIpc) is 2.59. The maximum absolute atomic E-state index is 12.8. The molecule has 0 radical (unpaired) electrons. The minimum atomic E-state index is -5.84. The number of rotatable bonds is 6. The van der Waals surface area contributed by atoms with Crippen LogP contribution in [-0.4, -0.2) is 23.0 Å². The number of nitrogens with two attached hydrogens (primary N) is 1. The monoisotopic (exact) mass is 390 g/mol. The molecule has 2 aromatic rings. The van der Waals surface area contributed by atoms with Gasteiger partial charge in [0.1, 0.15) is 5.75 Å². The Balaban J connectivity index is 2.03. The molecule has 0 atom stereocenters. The molecule has 0 unspecified atom stereocenters. The lowest BCUT2D eigenvalue weighted by molar-refractivity contribution is -0.384. The van der Waals surface area contributed by atoms with E-state index in [1.165, 1.54) is 24.3 Å². The Bertz CT molecular complexity index is 836. The Morgan fingerprint density at radius 3 is 2.07 bits per heavy atom. The zero-order valence-corrected chi connectivity index (χ0v) is 13.2. The summed E-state index contributed by atoms with van der Waals surface area (Å²) in [6.07, 6.45) is -11.2. The molecule has 0 fully saturated rings. The fourth-order valence-corrected chi connectivity index (χ4v) is 1.75. The molecule has 12 heteroatoms. The summed E-state index contributed by atoms with van der Waals surface area (Å²) in [6, 6.07) is 9.26. The zero-order chi connectivity index (χ0) is 20.2. The van der Waals surface area contributed by atoms with Crippen LogP contribution in [0.25, 0.3) is 0 Å². The van der Waals surface area contributed by atoms with E-state index in [4.69, 9.17) is 5.73 Å². The SMILES string of the molecule is N/C(=N\Nc1ccc(OC(F)(F)C(F)(F)F)cc1)c1ccc([N+](=O)[O-])cc1. The van der Waals surface area contributed by atoms with Crippen LogP contribution in [0, 0.1) is 10.1 Å². The Morgan fingerprint density at radius 2 is 1.59 bits per heavy atom. The third kappa shape index (κ3) is 5.03. The number of benzene rings is 2. The summed E-state index contributed by atoms with van der Waals surface area (Å²) >= 11 is 0. The van der Waals surface area contributed by atoms with Crippen LogP contribution in [0.2, 0.25) is 0 Å².